The Morgan fingerprint density at radius 3 is 2.63 bits per heavy atom. The summed E-state index contributed by atoms with van der Waals surface area (Å²) in [4.78, 5) is 30.1. The molecule has 0 fully saturated rings. The van der Waals surface area contributed by atoms with Crippen molar-refractivity contribution in [2.24, 2.45) is 0 Å². The van der Waals surface area contributed by atoms with Gasteiger partial charge in [0, 0.05) is 12.3 Å². The Morgan fingerprint density at radius 1 is 1.22 bits per heavy atom. The molecule has 0 aliphatic carbocycles. The van der Waals surface area contributed by atoms with Gasteiger partial charge in [-0.15, -0.1) is 11.3 Å². The van der Waals surface area contributed by atoms with Crippen LogP contribution in [0, 0.1) is 13.8 Å². The predicted octanol–water partition coefficient (Wildman–Crippen LogP) is 5.16. The van der Waals surface area contributed by atoms with E-state index < -0.39 is 5.97 Å². The smallest absolute Gasteiger partial charge is 0.374 e. The van der Waals surface area contributed by atoms with Gasteiger partial charge in [-0.1, -0.05) is 6.07 Å². The number of halogens is 1. The predicted molar refractivity (Wildman–Crippen MR) is 106 cm³/mol. The Labute approximate surface area is 168 Å². The third-order valence-electron chi connectivity index (χ3n) is 3.92. The number of aromatic nitrogens is 1. The minimum atomic E-state index is -0.576. The highest BCUT2D eigenvalue weighted by atomic mass is 79.9. The lowest BCUT2D eigenvalue weighted by Crippen LogP contribution is -2.22. The summed E-state index contributed by atoms with van der Waals surface area (Å²) in [6, 6.07) is 8.95. The number of carbonyl (C=O) groups excluding carboxylic acids is 2. The van der Waals surface area contributed by atoms with E-state index in [4.69, 9.17) is 9.15 Å². The summed E-state index contributed by atoms with van der Waals surface area (Å²) in [5, 5.41) is 2.29. The van der Waals surface area contributed by atoms with Gasteiger partial charge < -0.3 is 9.15 Å². The number of rotatable bonds is 5. The van der Waals surface area contributed by atoms with Crippen LogP contribution in [0.3, 0.4) is 0 Å². The van der Waals surface area contributed by atoms with E-state index in [1.807, 2.05) is 32.0 Å². The molecule has 2 aromatic heterocycles. The number of carbonyl (C=O) groups is 2. The zero-order chi connectivity index (χ0) is 19.6. The summed E-state index contributed by atoms with van der Waals surface area (Å²) in [6.45, 7) is 5.50. The lowest BCUT2D eigenvalue weighted by molar-refractivity contribution is -0.115. The van der Waals surface area contributed by atoms with E-state index in [-0.39, 0.29) is 18.3 Å². The number of thiazole rings is 1. The van der Waals surface area contributed by atoms with Gasteiger partial charge in [-0.2, -0.15) is 0 Å². The fraction of sp³-hybridized carbons (Fsp3) is 0.211. The standard InChI is InChI=1S/C19H17BrN2O4S/c1-11-4-5-15(8-12(11)2)22(13(3)23)19-21-14(10-27-19)9-25-18(24)16-6-7-17(20)26-16/h4-8,10H,9H2,1-3H3. The van der Waals surface area contributed by atoms with Crippen molar-refractivity contribution >= 4 is 50.0 Å². The van der Waals surface area contributed by atoms with Gasteiger partial charge in [0.15, 0.2) is 9.80 Å². The summed E-state index contributed by atoms with van der Waals surface area (Å²) in [5.41, 5.74) is 3.56. The first-order chi connectivity index (χ1) is 12.8. The number of hydrogen-bond donors (Lipinski definition) is 0. The van der Waals surface area contributed by atoms with Crippen molar-refractivity contribution in [3.8, 4) is 0 Å². The summed E-state index contributed by atoms with van der Waals surface area (Å²) in [5.74, 6) is -0.609. The quantitative estimate of drug-likeness (QED) is 0.504. The molecule has 0 saturated carbocycles. The van der Waals surface area contributed by atoms with E-state index in [0.717, 1.165) is 16.8 Å². The SMILES string of the molecule is CC(=O)N(c1ccc(C)c(C)c1)c1nc(COC(=O)c2ccc(Br)o2)cs1. The number of benzene rings is 1. The molecule has 8 heteroatoms. The van der Waals surface area contributed by atoms with Crippen LogP contribution in [0.2, 0.25) is 0 Å². The molecule has 0 N–H and O–H groups in total. The molecule has 0 aliphatic heterocycles. The highest BCUT2D eigenvalue weighted by Crippen LogP contribution is 2.30. The van der Waals surface area contributed by atoms with Crippen LogP contribution in [0.15, 0.2) is 44.8 Å². The van der Waals surface area contributed by atoms with E-state index in [2.05, 4.69) is 20.9 Å². The minimum Gasteiger partial charge on any atom is -0.453 e. The first-order valence-corrected chi connectivity index (χ1v) is 9.77. The van der Waals surface area contributed by atoms with E-state index in [1.54, 1.807) is 16.3 Å². The molecule has 0 radical (unpaired) electrons. The van der Waals surface area contributed by atoms with Crippen LogP contribution in [0.5, 0.6) is 0 Å². The second-order valence-electron chi connectivity index (χ2n) is 5.92. The van der Waals surface area contributed by atoms with Crippen LogP contribution in [-0.2, 0) is 16.1 Å². The normalized spacial score (nSPS) is 10.7. The van der Waals surface area contributed by atoms with E-state index in [0.29, 0.717) is 15.5 Å². The van der Waals surface area contributed by atoms with Crippen molar-refractivity contribution in [3.63, 3.8) is 0 Å². The molecule has 2 heterocycles. The van der Waals surface area contributed by atoms with Gasteiger partial charge in [-0.3, -0.25) is 9.69 Å². The van der Waals surface area contributed by atoms with Gasteiger partial charge in [0.2, 0.25) is 11.7 Å². The van der Waals surface area contributed by atoms with Gasteiger partial charge in [-0.05, 0) is 65.2 Å². The zero-order valence-corrected chi connectivity index (χ0v) is 17.4. The summed E-state index contributed by atoms with van der Waals surface area (Å²) in [7, 11) is 0. The van der Waals surface area contributed by atoms with E-state index >= 15 is 0 Å². The molecule has 1 aromatic carbocycles. The van der Waals surface area contributed by atoms with E-state index in [1.165, 1.54) is 24.3 Å². The molecule has 3 aromatic rings. The number of furan rings is 1. The van der Waals surface area contributed by atoms with Crippen molar-refractivity contribution in [2.45, 2.75) is 27.4 Å². The van der Waals surface area contributed by atoms with E-state index in [9.17, 15) is 9.59 Å². The average Bonchev–Trinajstić information content (AvgIpc) is 3.25. The van der Waals surface area contributed by atoms with Crippen LogP contribution in [0.4, 0.5) is 10.8 Å². The highest BCUT2D eigenvalue weighted by molar-refractivity contribution is 9.10. The lowest BCUT2D eigenvalue weighted by atomic mass is 10.1. The number of aryl methyl sites for hydroxylation is 2. The fourth-order valence-corrected chi connectivity index (χ4v) is 3.57. The van der Waals surface area contributed by atoms with Gasteiger partial charge in [0.1, 0.15) is 6.61 Å². The molecular formula is C19H17BrN2O4S. The highest BCUT2D eigenvalue weighted by Gasteiger charge is 2.19. The van der Waals surface area contributed by atoms with Gasteiger partial charge in [-0.25, -0.2) is 9.78 Å². The van der Waals surface area contributed by atoms with Gasteiger partial charge in [0.25, 0.3) is 0 Å². The Hall–Kier alpha value is -2.45. The summed E-state index contributed by atoms with van der Waals surface area (Å²) in [6.07, 6.45) is 0. The van der Waals surface area contributed by atoms with Crippen molar-refractivity contribution in [1.29, 1.82) is 0 Å². The Bertz CT molecular complexity index is 995. The average molecular weight is 449 g/mol. The molecule has 0 aliphatic rings. The zero-order valence-electron chi connectivity index (χ0n) is 15.0. The molecular weight excluding hydrogens is 432 g/mol. The third kappa shape index (κ3) is 4.45. The largest absolute Gasteiger partial charge is 0.453 e. The molecule has 140 valence electrons. The summed E-state index contributed by atoms with van der Waals surface area (Å²) < 4.78 is 10.8. The van der Waals surface area contributed by atoms with Crippen LogP contribution in [-0.4, -0.2) is 16.9 Å². The number of ether oxygens (including phenoxy) is 1. The maximum absolute atomic E-state index is 12.2. The molecule has 0 bridgehead atoms. The Morgan fingerprint density at radius 2 is 2.00 bits per heavy atom. The molecule has 0 spiro atoms. The van der Waals surface area contributed by atoms with Crippen LogP contribution in [0.25, 0.3) is 0 Å². The Kier molecular flexibility index (Phi) is 5.76. The lowest BCUT2D eigenvalue weighted by Gasteiger charge is -2.19. The van der Waals surface area contributed by atoms with Gasteiger partial charge >= 0.3 is 5.97 Å². The van der Waals surface area contributed by atoms with Crippen molar-refractivity contribution in [3.05, 3.63) is 63.0 Å². The van der Waals surface area contributed by atoms with Crippen LogP contribution in [0.1, 0.15) is 34.3 Å². The van der Waals surface area contributed by atoms with Gasteiger partial charge in [0.05, 0.1) is 11.4 Å². The summed E-state index contributed by atoms with van der Waals surface area (Å²) >= 11 is 4.45. The van der Waals surface area contributed by atoms with Crippen molar-refractivity contribution in [2.75, 3.05) is 4.90 Å². The topological polar surface area (TPSA) is 72.6 Å². The van der Waals surface area contributed by atoms with Crippen LogP contribution < -0.4 is 4.90 Å². The number of esters is 1. The molecule has 6 nitrogen and oxygen atoms in total. The number of amides is 1. The molecule has 0 unspecified atom stereocenters. The molecule has 0 atom stereocenters. The Balaban J connectivity index is 1.75. The maximum atomic E-state index is 12.2. The molecule has 1 amide bonds. The maximum Gasteiger partial charge on any atom is 0.374 e. The fourth-order valence-electron chi connectivity index (χ4n) is 2.39. The number of anilines is 2. The molecule has 27 heavy (non-hydrogen) atoms. The molecule has 0 saturated heterocycles. The molecule has 3 rings (SSSR count). The first-order valence-electron chi connectivity index (χ1n) is 8.10. The van der Waals surface area contributed by atoms with Crippen molar-refractivity contribution in [1.82, 2.24) is 4.98 Å². The van der Waals surface area contributed by atoms with Crippen molar-refractivity contribution < 1.29 is 18.7 Å². The second-order valence-corrected chi connectivity index (χ2v) is 7.54. The monoisotopic (exact) mass is 448 g/mol. The number of nitrogens with zero attached hydrogens (tertiary/aromatic N) is 2. The second kappa shape index (κ2) is 8.06. The third-order valence-corrected chi connectivity index (χ3v) is 5.22. The minimum absolute atomic E-state index is 0.00762. The first kappa shape index (κ1) is 19.3. The van der Waals surface area contributed by atoms with Crippen LogP contribution >= 0.6 is 27.3 Å². The number of hydrogen-bond acceptors (Lipinski definition) is 6.